The minimum atomic E-state index is -4.49. The van der Waals surface area contributed by atoms with Crippen LogP contribution >= 0.6 is 0 Å². The number of anilines is 2. The van der Waals surface area contributed by atoms with Crippen molar-refractivity contribution in [1.82, 2.24) is 4.98 Å². The number of allylic oxidation sites excluding steroid dienone is 4. The molecule has 4 rings (SSSR count). The van der Waals surface area contributed by atoms with E-state index in [0.717, 1.165) is 49.1 Å². The molecule has 2 aliphatic carbocycles. The number of amides is 2. The average Bonchev–Trinajstić information content (AvgIpc) is 2.78. The number of pyridine rings is 1. The van der Waals surface area contributed by atoms with Crippen LogP contribution in [0.5, 0.6) is 0 Å². The number of nitrogens with zero attached hydrogens (tertiary/aromatic N) is 1. The summed E-state index contributed by atoms with van der Waals surface area (Å²) in [4.78, 5) is 27.6. The molecule has 1 aromatic heterocycles. The molecule has 0 aliphatic heterocycles. The number of carbonyl (C=O) groups excluding carboxylic acids is 1. The minimum absolute atomic E-state index is 0.0310. The first-order valence-electron chi connectivity index (χ1n) is 11.0. The predicted molar refractivity (Wildman–Crippen MR) is 122 cm³/mol. The summed E-state index contributed by atoms with van der Waals surface area (Å²) in [6.45, 7) is 0. The quantitative estimate of drug-likeness (QED) is 0.474. The Bertz CT molecular complexity index is 1140. The first kappa shape index (κ1) is 23.5. The van der Waals surface area contributed by atoms with Crippen molar-refractivity contribution >= 4 is 28.9 Å². The van der Waals surface area contributed by atoms with Gasteiger partial charge in [0.05, 0.1) is 23.1 Å². The van der Waals surface area contributed by atoms with Crippen LogP contribution in [0.4, 0.5) is 29.3 Å². The molecule has 1 aromatic carbocycles. The smallest absolute Gasteiger partial charge is 0.416 e. The number of urea groups is 1. The Morgan fingerprint density at radius 2 is 1.91 bits per heavy atom. The van der Waals surface area contributed by atoms with Crippen molar-refractivity contribution in [3.63, 3.8) is 0 Å². The number of fused-ring (bicyclic) bond motifs is 1. The van der Waals surface area contributed by atoms with Gasteiger partial charge in [-0.2, -0.15) is 13.2 Å². The van der Waals surface area contributed by atoms with Gasteiger partial charge in [-0.25, -0.2) is 4.79 Å². The van der Waals surface area contributed by atoms with Gasteiger partial charge in [-0.05, 0) is 73.4 Å². The molecule has 2 aromatic rings. The first-order chi connectivity index (χ1) is 16.2. The van der Waals surface area contributed by atoms with Crippen LogP contribution in [0.1, 0.15) is 43.4 Å². The monoisotopic (exact) mass is 471 g/mol. The van der Waals surface area contributed by atoms with Gasteiger partial charge < -0.3 is 15.7 Å². The normalized spacial score (nSPS) is 20.0. The van der Waals surface area contributed by atoms with Crippen LogP contribution in [0.2, 0.25) is 0 Å². The number of benzene rings is 1. The molecular weight excluding hydrogens is 447 g/mol. The zero-order chi connectivity index (χ0) is 24.3. The highest BCUT2D eigenvalue weighted by Gasteiger charge is 2.31. The van der Waals surface area contributed by atoms with Crippen molar-refractivity contribution < 1.29 is 27.9 Å². The molecule has 2 unspecified atom stereocenters. The van der Waals surface area contributed by atoms with Crippen LogP contribution in [0.15, 0.2) is 60.3 Å². The summed E-state index contributed by atoms with van der Waals surface area (Å²) < 4.78 is 38.5. The molecule has 0 radical (unpaired) electrons. The molecule has 2 aliphatic rings. The number of carbonyl (C=O) groups is 2. The molecule has 1 fully saturated rings. The van der Waals surface area contributed by atoms with E-state index < -0.39 is 23.7 Å². The molecule has 34 heavy (non-hydrogen) atoms. The number of rotatable bonds is 5. The zero-order valence-corrected chi connectivity index (χ0v) is 18.2. The number of hydrogen-bond acceptors (Lipinski definition) is 3. The van der Waals surface area contributed by atoms with Gasteiger partial charge in [0, 0.05) is 12.1 Å². The maximum atomic E-state index is 12.8. The van der Waals surface area contributed by atoms with E-state index in [1.54, 1.807) is 12.1 Å². The van der Waals surface area contributed by atoms with Crippen molar-refractivity contribution in [1.29, 1.82) is 0 Å². The van der Waals surface area contributed by atoms with E-state index in [2.05, 4.69) is 27.8 Å². The number of halogens is 3. The van der Waals surface area contributed by atoms with Crippen LogP contribution in [-0.2, 0) is 11.0 Å². The standard InChI is InChI=1S/C25H24F3N3O3/c26-25(27,28)19-2-1-3-20(13-19)30-24(34)31-21-8-9-22(29-14-21)18-7-6-16-10-15(11-23(32)33)4-5-17(16)12-18/h1-3,7-9,12-16H,4-6,10-11H2,(H,32,33)(H2,30,31,34). The summed E-state index contributed by atoms with van der Waals surface area (Å²) in [6.07, 6.45) is 4.95. The van der Waals surface area contributed by atoms with Crippen molar-refractivity contribution in [2.75, 3.05) is 10.6 Å². The maximum Gasteiger partial charge on any atom is 0.416 e. The molecule has 0 bridgehead atoms. The lowest BCUT2D eigenvalue weighted by molar-refractivity contribution is -0.139. The topological polar surface area (TPSA) is 91.3 Å². The molecule has 178 valence electrons. The van der Waals surface area contributed by atoms with Gasteiger partial charge in [0.2, 0.25) is 0 Å². The molecule has 0 saturated heterocycles. The fourth-order valence-electron chi connectivity index (χ4n) is 4.53. The lowest BCUT2D eigenvalue weighted by atomic mass is 9.72. The summed E-state index contributed by atoms with van der Waals surface area (Å²) >= 11 is 0. The van der Waals surface area contributed by atoms with Crippen molar-refractivity contribution in [3.8, 4) is 0 Å². The van der Waals surface area contributed by atoms with Crippen molar-refractivity contribution in [2.45, 2.75) is 38.3 Å². The number of carboxylic acids is 1. The minimum Gasteiger partial charge on any atom is -0.481 e. The fraction of sp³-hybridized carbons (Fsp3) is 0.320. The number of alkyl halides is 3. The van der Waals surface area contributed by atoms with Crippen molar-refractivity contribution in [2.24, 2.45) is 11.8 Å². The third-order valence-electron chi connectivity index (χ3n) is 6.17. The first-order valence-corrected chi connectivity index (χ1v) is 11.0. The Morgan fingerprint density at radius 3 is 2.62 bits per heavy atom. The number of nitrogens with one attached hydrogen (secondary N) is 2. The predicted octanol–water partition coefficient (Wildman–Crippen LogP) is 6.35. The van der Waals surface area contributed by atoms with Crippen LogP contribution in [-0.4, -0.2) is 22.1 Å². The van der Waals surface area contributed by atoms with E-state index in [-0.39, 0.29) is 18.0 Å². The molecule has 2 amide bonds. The van der Waals surface area contributed by atoms with Crippen molar-refractivity contribution in [3.05, 3.63) is 71.6 Å². The summed E-state index contributed by atoms with van der Waals surface area (Å²) in [5.41, 5.74) is 2.66. The highest BCUT2D eigenvalue weighted by Crippen LogP contribution is 2.41. The van der Waals surface area contributed by atoms with Crippen LogP contribution in [0.3, 0.4) is 0 Å². The third kappa shape index (κ3) is 5.84. The Hall–Kier alpha value is -3.62. The van der Waals surface area contributed by atoms with Gasteiger partial charge in [-0.3, -0.25) is 9.78 Å². The van der Waals surface area contributed by atoms with Gasteiger partial charge in [0.1, 0.15) is 0 Å². The zero-order valence-electron chi connectivity index (χ0n) is 18.2. The van der Waals surface area contributed by atoms with Gasteiger partial charge >= 0.3 is 18.2 Å². The number of hydrogen-bond donors (Lipinski definition) is 3. The van der Waals surface area contributed by atoms with Crippen LogP contribution in [0.25, 0.3) is 5.57 Å². The fourth-order valence-corrected chi connectivity index (χ4v) is 4.53. The van der Waals surface area contributed by atoms with Gasteiger partial charge in [-0.15, -0.1) is 0 Å². The molecule has 1 heterocycles. The second-order valence-electron chi connectivity index (χ2n) is 8.64. The molecule has 0 spiro atoms. The highest BCUT2D eigenvalue weighted by atomic mass is 19.4. The molecule has 1 saturated carbocycles. The Morgan fingerprint density at radius 1 is 1.12 bits per heavy atom. The van der Waals surface area contributed by atoms with E-state index in [4.69, 9.17) is 5.11 Å². The molecular formula is C25H24F3N3O3. The highest BCUT2D eigenvalue weighted by molar-refractivity contribution is 5.99. The Kier molecular flexibility index (Phi) is 6.72. The van der Waals surface area contributed by atoms with E-state index in [0.29, 0.717) is 11.6 Å². The van der Waals surface area contributed by atoms with E-state index in [1.807, 2.05) is 0 Å². The SMILES string of the molecule is O=C(O)CC1CCC2=CC(c3ccc(NC(=O)Nc4cccc(C(F)(F)F)c4)cn3)=CCC2C1. The lowest BCUT2D eigenvalue weighted by Gasteiger charge is -2.33. The largest absolute Gasteiger partial charge is 0.481 e. The maximum absolute atomic E-state index is 12.8. The summed E-state index contributed by atoms with van der Waals surface area (Å²) in [6, 6.07) is 7.19. The Balaban J connectivity index is 1.35. The number of aliphatic carboxylic acids is 1. The second kappa shape index (κ2) is 9.70. The molecule has 9 heteroatoms. The second-order valence-corrected chi connectivity index (χ2v) is 8.64. The van der Waals surface area contributed by atoms with E-state index in [1.165, 1.54) is 23.9 Å². The van der Waals surface area contributed by atoms with Crippen LogP contribution < -0.4 is 10.6 Å². The van der Waals surface area contributed by atoms with Gasteiger partial charge in [0.15, 0.2) is 0 Å². The molecule has 3 N–H and O–H groups in total. The average molecular weight is 471 g/mol. The molecule has 6 nitrogen and oxygen atoms in total. The summed E-state index contributed by atoms with van der Waals surface area (Å²) in [7, 11) is 0. The lowest BCUT2D eigenvalue weighted by Crippen LogP contribution is -2.21. The Labute approximate surface area is 194 Å². The number of aromatic nitrogens is 1. The van der Waals surface area contributed by atoms with E-state index in [9.17, 15) is 22.8 Å². The van der Waals surface area contributed by atoms with Crippen LogP contribution in [0, 0.1) is 11.8 Å². The van der Waals surface area contributed by atoms with Gasteiger partial charge in [0.25, 0.3) is 0 Å². The third-order valence-corrected chi connectivity index (χ3v) is 6.17. The number of carboxylic acid groups (broad SMARTS) is 1. The molecule has 2 atom stereocenters. The summed E-state index contributed by atoms with van der Waals surface area (Å²) in [5, 5.41) is 14.0. The summed E-state index contributed by atoms with van der Waals surface area (Å²) in [5.74, 6) is -0.145. The van der Waals surface area contributed by atoms with E-state index >= 15 is 0 Å². The van der Waals surface area contributed by atoms with Gasteiger partial charge in [-0.1, -0.05) is 23.8 Å².